The summed E-state index contributed by atoms with van der Waals surface area (Å²) in [6.07, 6.45) is 5.85. The number of ether oxygens (including phenoxy) is 1. The molecule has 21 heavy (non-hydrogen) atoms. The Hall–Kier alpha value is -1.55. The fourth-order valence-electron chi connectivity index (χ4n) is 2.99. The average Bonchev–Trinajstić information content (AvgIpc) is 2.49. The molecule has 1 atom stereocenters. The fourth-order valence-corrected chi connectivity index (χ4v) is 2.99. The van der Waals surface area contributed by atoms with Crippen LogP contribution in [0.25, 0.3) is 0 Å². The lowest BCUT2D eigenvalue weighted by atomic mass is 9.87. The van der Waals surface area contributed by atoms with Crippen molar-refractivity contribution in [2.24, 2.45) is 0 Å². The van der Waals surface area contributed by atoms with E-state index in [-0.39, 0.29) is 11.7 Å². The highest BCUT2D eigenvalue weighted by Crippen LogP contribution is 2.28. The predicted molar refractivity (Wildman–Crippen MR) is 82.1 cm³/mol. The van der Waals surface area contributed by atoms with Gasteiger partial charge < -0.3 is 9.84 Å². The largest absolute Gasteiger partial charge is 0.508 e. The molecule has 2 N–H and O–H groups in total. The van der Waals surface area contributed by atoms with Crippen molar-refractivity contribution in [1.82, 2.24) is 5.32 Å². The number of aromatic hydroxyl groups is 1. The molecule has 4 nitrogen and oxygen atoms in total. The molecule has 2 rings (SSSR count). The van der Waals surface area contributed by atoms with Crippen LogP contribution in [0.4, 0.5) is 0 Å². The molecule has 1 saturated carbocycles. The summed E-state index contributed by atoms with van der Waals surface area (Å²) in [5.74, 6) is -0.0658. The Bertz CT molecular complexity index is 465. The van der Waals surface area contributed by atoms with Crippen LogP contribution in [0.15, 0.2) is 24.3 Å². The minimum Gasteiger partial charge on any atom is -0.508 e. The Balaban J connectivity index is 2.24. The zero-order valence-corrected chi connectivity index (χ0v) is 12.9. The van der Waals surface area contributed by atoms with E-state index in [0.717, 1.165) is 18.4 Å². The lowest BCUT2D eigenvalue weighted by molar-refractivity contribution is -0.151. The first-order chi connectivity index (χ1) is 10.1. The topological polar surface area (TPSA) is 58.6 Å². The zero-order valence-electron chi connectivity index (χ0n) is 12.9. The standard InChI is InChI=1S/C17H25NO3/c1-3-21-16(20)17(2,13-9-11-15(19)12-10-13)18-14-7-5-4-6-8-14/h9-12,14,18-19H,3-8H2,1-2H3. The van der Waals surface area contributed by atoms with Gasteiger partial charge in [0, 0.05) is 6.04 Å². The van der Waals surface area contributed by atoms with Crippen molar-refractivity contribution in [2.75, 3.05) is 6.61 Å². The van der Waals surface area contributed by atoms with E-state index in [1.807, 2.05) is 13.8 Å². The maximum absolute atomic E-state index is 12.5. The molecule has 0 aromatic heterocycles. The SMILES string of the molecule is CCOC(=O)C(C)(NC1CCCCC1)c1ccc(O)cc1. The van der Waals surface area contributed by atoms with E-state index in [1.165, 1.54) is 19.3 Å². The molecule has 1 fully saturated rings. The van der Waals surface area contributed by atoms with Crippen molar-refractivity contribution in [2.45, 2.75) is 57.5 Å². The Morgan fingerprint density at radius 1 is 1.29 bits per heavy atom. The summed E-state index contributed by atoms with van der Waals surface area (Å²) in [7, 11) is 0. The quantitative estimate of drug-likeness (QED) is 0.818. The number of phenolic OH excluding ortho intramolecular Hbond substituents is 1. The minimum atomic E-state index is -0.869. The molecular formula is C17H25NO3. The summed E-state index contributed by atoms with van der Waals surface area (Å²) in [5, 5.41) is 12.9. The average molecular weight is 291 g/mol. The summed E-state index contributed by atoms with van der Waals surface area (Å²) in [6.45, 7) is 4.04. The number of benzene rings is 1. The summed E-state index contributed by atoms with van der Waals surface area (Å²) in [4.78, 5) is 12.5. The molecule has 1 aromatic carbocycles. The number of hydrogen-bond acceptors (Lipinski definition) is 4. The molecule has 0 bridgehead atoms. The monoisotopic (exact) mass is 291 g/mol. The summed E-state index contributed by atoms with van der Waals surface area (Å²) < 4.78 is 5.27. The number of carbonyl (C=O) groups is 1. The number of nitrogens with one attached hydrogen (secondary N) is 1. The first-order valence-corrected chi connectivity index (χ1v) is 7.80. The van der Waals surface area contributed by atoms with E-state index in [0.29, 0.717) is 12.6 Å². The molecule has 1 unspecified atom stereocenters. The number of carbonyl (C=O) groups excluding carboxylic acids is 1. The van der Waals surface area contributed by atoms with Crippen LogP contribution in [0.5, 0.6) is 5.75 Å². The first-order valence-electron chi connectivity index (χ1n) is 7.80. The number of hydrogen-bond donors (Lipinski definition) is 2. The van der Waals surface area contributed by atoms with Crippen LogP contribution in [0, 0.1) is 0 Å². The second-order valence-electron chi connectivity index (χ2n) is 5.87. The van der Waals surface area contributed by atoms with Crippen LogP contribution >= 0.6 is 0 Å². The van der Waals surface area contributed by atoms with E-state index < -0.39 is 5.54 Å². The maximum atomic E-state index is 12.5. The zero-order chi connectivity index (χ0) is 15.3. The van der Waals surface area contributed by atoms with Crippen LogP contribution in [0.3, 0.4) is 0 Å². The van der Waals surface area contributed by atoms with Gasteiger partial charge in [-0.2, -0.15) is 0 Å². The van der Waals surface area contributed by atoms with Crippen molar-refractivity contribution in [3.05, 3.63) is 29.8 Å². The highest BCUT2D eigenvalue weighted by atomic mass is 16.5. The van der Waals surface area contributed by atoms with Gasteiger partial charge in [0.25, 0.3) is 0 Å². The van der Waals surface area contributed by atoms with Gasteiger partial charge in [-0.05, 0) is 44.4 Å². The van der Waals surface area contributed by atoms with Crippen molar-refractivity contribution >= 4 is 5.97 Å². The molecule has 1 aliphatic rings. The summed E-state index contributed by atoms with van der Waals surface area (Å²) >= 11 is 0. The predicted octanol–water partition coefficient (Wildman–Crippen LogP) is 3.09. The van der Waals surface area contributed by atoms with Gasteiger partial charge in [-0.25, -0.2) is 4.79 Å². The fraction of sp³-hybridized carbons (Fsp3) is 0.588. The van der Waals surface area contributed by atoms with Gasteiger partial charge in [0.2, 0.25) is 0 Å². The van der Waals surface area contributed by atoms with Crippen LogP contribution in [-0.2, 0) is 15.1 Å². The smallest absolute Gasteiger partial charge is 0.330 e. The molecule has 0 spiro atoms. The van der Waals surface area contributed by atoms with Gasteiger partial charge in [0.15, 0.2) is 0 Å². The number of rotatable bonds is 5. The number of phenols is 1. The third-order valence-electron chi connectivity index (χ3n) is 4.23. The summed E-state index contributed by atoms with van der Waals surface area (Å²) in [6, 6.07) is 7.11. The van der Waals surface area contributed by atoms with Gasteiger partial charge in [-0.3, -0.25) is 5.32 Å². The highest BCUT2D eigenvalue weighted by Gasteiger charge is 2.38. The van der Waals surface area contributed by atoms with Crippen molar-refractivity contribution in [3.8, 4) is 5.75 Å². The van der Waals surface area contributed by atoms with Crippen LogP contribution < -0.4 is 5.32 Å². The van der Waals surface area contributed by atoms with Crippen LogP contribution in [0.2, 0.25) is 0 Å². The molecule has 1 aliphatic carbocycles. The van der Waals surface area contributed by atoms with E-state index in [2.05, 4.69) is 5.32 Å². The summed E-state index contributed by atoms with van der Waals surface area (Å²) in [5.41, 5.74) is -0.0459. The molecule has 0 heterocycles. The Morgan fingerprint density at radius 2 is 1.90 bits per heavy atom. The second kappa shape index (κ2) is 6.94. The molecule has 4 heteroatoms. The van der Waals surface area contributed by atoms with Crippen LogP contribution in [0.1, 0.15) is 51.5 Å². The van der Waals surface area contributed by atoms with Gasteiger partial charge in [0.1, 0.15) is 11.3 Å². The molecule has 1 aromatic rings. The Morgan fingerprint density at radius 3 is 2.48 bits per heavy atom. The van der Waals surface area contributed by atoms with E-state index >= 15 is 0 Å². The molecule has 0 radical (unpaired) electrons. The van der Waals surface area contributed by atoms with Gasteiger partial charge in [-0.1, -0.05) is 31.4 Å². The number of esters is 1. The van der Waals surface area contributed by atoms with Gasteiger partial charge >= 0.3 is 5.97 Å². The first kappa shape index (κ1) is 15.8. The van der Waals surface area contributed by atoms with Crippen molar-refractivity contribution < 1.29 is 14.6 Å². The molecule has 0 amide bonds. The van der Waals surface area contributed by atoms with E-state index in [4.69, 9.17) is 4.74 Å². The van der Waals surface area contributed by atoms with Gasteiger partial charge in [0.05, 0.1) is 6.61 Å². The van der Waals surface area contributed by atoms with E-state index in [1.54, 1.807) is 24.3 Å². The van der Waals surface area contributed by atoms with E-state index in [9.17, 15) is 9.90 Å². The molecule has 116 valence electrons. The lowest BCUT2D eigenvalue weighted by Crippen LogP contribution is -2.52. The maximum Gasteiger partial charge on any atom is 0.330 e. The normalized spacial score (nSPS) is 19.0. The molecule has 0 aliphatic heterocycles. The third kappa shape index (κ3) is 3.76. The van der Waals surface area contributed by atoms with Crippen molar-refractivity contribution in [1.29, 1.82) is 0 Å². The molecule has 0 saturated heterocycles. The lowest BCUT2D eigenvalue weighted by Gasteiger charge is -2.35. The van der Waals surface area contributed by atoms with Gasteiger partial charge in [-0.15, -0.1) is 0 Å². The highest BCUT2D eigenvalue weighted by molar-refractivity contribution is 5.82. The van der Waals surface area contributed by atoms with Crippen LogP contribution in [-0.4, -0.2) is 23.7 Å². The Labute approximate surface area is 126 Å². The second-order valence-corrected chi connectivity index (χ2v) is 5.87. The Kier molecular flexibility index (Phi) is 5.23. The molecular weight excluding hydrogens is 266 g/mol. The van der Waals surface area contributed by atoms with Crippen molar-refractivity contribution in [3.63, 3.8) is 0 Å². The minimum absolute atomic E-state index is 0.197. The third-order valence-corrected chi connectivity index (χ3v) is 4.23.